The summed E-state index contributed by atoms with van der Waals surface area (Å²) in [6.45, 7) is 4.23. The average Bonchev–Trinajstić information content (AvgIpc) is 2.98. The van der Waals surface area contributed by atoms with Crippen molar-refractivity contribution >= 4 is 82.4 Å². The van der Waals surface area contributed by atoms with Gasteiger partial charge in [-0.1, -0.05) is 42.0 Å². The number of piperidine rings is 1. The van der Waals surface area contributed by atoms with Crippen LogP contribution < -0.4 is 14.8 Å². The molecule has 2 aromatic carbocycles. The van der Waals surface area contributed by atoms with Gasteiger partial charge in [-0.15, -0.1) is 37.2 Å². The van der Waals surface area contributed by atoms with Crippen molar-refractivity contribution < 1.29 is 22.7 Å². The number of pyridine rings is 1. The molecule has 0 radical (unpaired) electrons. The molecule has 252 valence electrons. The summed E-state index contributed by atoms with van der Waals surface area (Å²) < 4.78 is 38.9. The molecular weight excluding hydrogens is 696 g/mol. The fraction of sp³-hybridized carbons (Fsp3) is 0.323. The minimum atomic E-state index is -4.12. The molecule has 0 saturated carbocycles. The molecule has 0 amide bonds. The molecule has 1 aliphatic rings. The Morgan fingerprint density at radius 2 is 1.80 bits per heavy atom. The van der Waals surface area contributed by atoms with E-state index in [-0.39, 0.29) is 73.0 Å². The van der Waals surface area contributed by atoms with Crippen LogP contribution in [0.1, 0.15) is 36.5 Å². The highest BCUT2D eigenvalue weighted by Crippen LogP contribution is 2.33. The highest BCUT2D eigenvalue weighted by atomic mass is 35.5. The molecule has 0 aliphatic carbocycles. The molecular formula is C31H39Cl4N5O5S. The third kappa shape index (κ3) is 11.9. The van der Waals surface area contributed by atoms with Gasteiger partial charge in [-0.2, -0.15) is 0 Å². The molecule has 1 fully saturated rings. The third-order valence-electron chi connectivity index (χ3n) is 6.91. The minimum Gasteiger partial charge on any atom is -0.489 e. The van der Waals surface area contributed by atoms with Gasteiger partial charge in [-0.05, 0) is 67.3 Å². The molecule has 0 atom stereocenters. The first-order valence-corrected chi connectivity index (χ1v) is 16.0. The van der Waals surface area contributed by atoms with Crippen LogP contribution in [0.2, 0.25) is 5.02 Å². The number of carbonyl (C=O) groups is 1. The lowest BCUT2D eigenvalue weighted by Gasteiger charge is -2.32. The predicted molar refractivity (Wildman–Crippen MR) is 191 cm³/mol. The molecule has 2 heterocycles. The minimum absolute atomic E-state index is 0. The zero-order chi connectivity index (χ0) is 30.8. The number of hydrogen-bond donors (Lipinski definition) is 2. The first-order chi connectivity index (χ1) is 20.6. The number of halogens is 4. The fourth-order valence-corrected chi connectivity index (χ4v) is 6.26. The Balaban J connectivity index is 0.00000353. The van der Waals surface area contributed by atoms with Crippen molar-refractivity contribution in [1.82, 2.24) is 9.88 Å². The van der Waals surface area contributed by atoms with Crippen molar-refractivity contribution in [3.63, 3.8) is 0 Å². The Bertz CT molecular complexity index is 1560. The smallest absolute Gasteiger partial charge is 0.323 e. The lowest BCUT2D eigenvalue weighted by molar-refractivity contribution is -0.139. The maximum absolute atomic E-state index is 13.3. The average molecular weight is 736 g/mol. The Morgan fingerprint density at radius 3 is 2.43 bits per heavy atom. The Labute approximate surface area is 294 Å². The molecule has 46 heavy (non-hydrogen) atoms. The van der Waals surface area contributed by atoms with E-state index in [9.17, 15) is 13.2 Å². The van der Waals surface area contributed by atoms with Gasteiger partial charge in [0.15, 0.2) is 5.75 Å². The molecule has 1 aromatic heterocycles. The molecule has 0 spiro atoms. The number of nitrogens with two attached hydrogens (primary N) is 1. The second-order valence-corrected chi connectivity index (χ2v) is 12.4. The van der Waals surface area contributed by atoms with E-state index in [0.717, 1.165) is 42.3 Å². The summed E-state index contributed by atoms with van der Waals surface area (Å²) in [7, 11) is -4.12. The number of benzene rings is 2. The van der Waals surface area contributed by atoms with Crippen LogP contribution in [0.25, 0.3) is 6.08 Å². The highest BCUT2D eigenvalue weighted by Gasteiger charge is 2.27. The SMILES string of the molecule is CCOC(=O)CS(=O)(=O)N(C/C=C/c1cccc(C(=N)N)c1)c1ccc(OC2CCN(Cc3ccncc3)CC2)c(Cl)c1.Cl.Cl.Cl. The topological polar surface area (TPSA) is 139 Å². The molecule has 15 heteroatoms. The van der Waals surface area contributed by atoms with Crippen molar-refractivity contribution in [1.29, 1.82) is 5.41 Å². The summed E-state index contributed by atoms with van der Waals surface area (Å²) in [6, 6.07) is 15.9. The molecule has 3 aromatic rings. The van der Waals surface area contributed by atoms with Crippen molar-refractivity contribution in [2.24, 2.45) is 5.73 Å². The number of sulfonamides is 1. The standard InChI is InChI=1S/C31H36ClN5O5S.3ClH/c1-2-41-30(38)22-43(39,40)37(16-4-6-23-5-3-7-25(19-23)31(33)34)26-8-9-29(28(32)20-26)42-27-12-17-36(18-13-27)21-24-10-14-35-15-11-24;;;/h3-11,14-15,19-20,27H,2,12-13,16-18,21-22H2,1H3,(H3,33,34);3*1H/b6-4+;;;. The van der Waals surface area contributed by atoms with E-state index in [4.69, 9.17) is 32.2 Å². The first-order valence-electron chi connectivity index (χ1n) is 14.0. The van der Waals surface area contributed by atoms with Crippen molar-refractivity contribution in [3.05, 3.63) is 94.8 Å². The molecule has 1 aliphatic heterocycles. The summed E-state index contributed by atoms with van der Waals surface area (Å²) in [5.74, 6) is -1.26. The van der Waals surface area contributed by atoms with E-state index in [0.29, 0.717) is 11.3 Å². The van der Waals surface area contributed by atoms with Crippen LogP contribution >= 0.6 is 48.8 Å². The predicted octanol–water partition coefficient (Wildman–Crippen LogP) is 5.74. The van der Waals surface area contributed by atoms with Gasteiger partial charge in [0, 0.05) is 37.6 Å². The summed E-state index contributed by atoms with van der Waals surface area (Å²) in [5.41, 5.74) is 8.38. The van der Waals surface area contributed by atoms with Gasteiger partial charge >= 0.3 is 5.97 Å². The van der Waals surface area contributed by atoms with Gasteiger partial charge in [0.1, 0.15) is 17.7 Å². The molecule has 10 nitrogen and oxygen atoms in total. The normalized spacial score (nSPS) is 13.5. The number of hydrogen-bond acceptors (Lipinski definition) is 8. The van der Waals surface area contributed by atoms with Gasteiger partial charge in [0.2, 0.25) is 10.0 Å². The fourth-order valence-electron chi connectivity index (χ4n) is 4.76. The number of esters is 1. The van der Waals surface area contributed by atoms with Gasteiger partial charge in [0.25, 0.3) is 0 Å². The zero-order valence-electron chi connectivity index (χ0n) is 25.2. The number of amidine groups is 1. The van der Waals surface area contributed by atoms with Crippen LogP contribution in [-0.2, 0) is 26.1 Å². The number of aromatic nitrogens is 1. The van der Waals surface area contributed by atoms with E-state index in [1.165, 1.54) is 11.6 Å². The Kier molecular flexibility index (Phi) is 17.4. The first kappa shape index (κ1) is 41.0. The third-order valence-corrected chi connectivity index (χ3v) is 8.84. The zero-order valence-corrected chi connectivity index (χ0v) is 29.2. The lowest BCUT2D eigenvalue weighted by atomic mass is 10.1. The van der Waals surface area contributed by atoms with E-state index >= 15 is 0 Å². The maximum atomic E-state index is 13.3. The van der Waals surface area contributed by atoms with Crippen molar-refractivity contribution in [2.75, 3.05) is 36.3 Å². The van der Waals surface area contributed by atoms with Crippen LogP contribution in [0.15, 0.2) is 73.1 Å². The summed E-state index contributed by atoms with van der Waals surface area (Å²) in [4.78, 5) is 18.6. The van der Waals surface area contributed by atoms with Gasteiger partial charge in [-0.25, -0.2) is 8.42 Å². The molecule has 0 unspecified atom stereocenters. The summed E-state index contributed by atoms with van der Waals surface area (Å²) in [6.07, 6.45) is 8.61. The van der Waals surface area contributed by atoms with Crippen LogP contribution in [0.3, 0.4) is 0 Å². The Morgan fingerprint density at radius 1 is 1.11 bits per heavy atom. The summed E-state index contributed by atoms with van der Waals surface area (Å²) in [5, 5.41) is 7.90. The van der Waals surface area contributed by atoms with Crippen molar-refractivity contribution in [2.45, 2.75) is 32.4 Å². The van der Waals surface area contributed by atoms with Gasteiger partial charge in [-0.3, -0.25) is 24.4 Å². The number of rotatable bonds is 13. The molecule has 4 rings (SSSR count). The number of ether oxygens (including phenoxy) is 2. The Hall–Kier alpha value is -3.06. The number of nitrogen functional groups attached to an aromatic ring is 1. The summed E-state index contributed by atoms with van der Waals surface area (Å²) >= 11 is 6.61. The molecule has 3 N–H and O–H groups in total. The van der Waals surface area contributed by atoms with Gasteiger partial charge < -0.3 is 15.2 Å². The van der Waals surface area contributed by atoms with Crippen LogP contribution in [-0.4, -0.2) is 68.2 Å². The number of likely N-dealkylation sites (tertiary alicyclic amines) is 1. The number of nitrogens with zero attached hydrogens (tertiary/aromatic N) is 3. The molecule has 0 bridgehead atoms. The second kappa shape index (κ2) is 19.6. The lowest BCUT2D eigenvalue weighted by Crippen LogP contribution is -2.38. The van der Waals surface area contributed by atoms with Crippen LogP contribution in [0.4, 0.5) is 5.69 Å². The quantitative estimate of drug-likeness (QED) is 0.129. The van der Waals surface area contributed by atoms with Crippen LogP contribution in [0, 0.1) is 5.41 Å². The van der Waals surface area contributed by atoms with Crippen molar-refractivity contribution in [3.8, 4) is 5.75 Å². The number of carbonyl (C=O) groups excluding carboxylic acids is 1. The van der Waals surface area contributed by atoms with E-state index < -0.39 is 21.7 Å². The molecule has 1 saturated heterocycles. The monoisotopic (exact) mass is 733 g/mol. The maximum Gasteiger partial charge on any atom is 0.323 e. The number of nitrogens with one attached hydrogen (secondary N) is 1. The second-order valence-electron chi connectivity index (χ2n) is 10.1. The van der Waals surface area contributed by atoms with Gasteiger partial charge in [0.05, 0.1) is 23.9 Å². The largest absolute Gasteiger partial charge is 0.489 e. The van der Waals surface area contributed by atoms with E-state index in [1.54, 1.807) is 61.8 Å². The van der Waals surface area contributed by atoms with E-state index in [2.05, 4.69) is 9.88 Å². The van der Waals surface area contributed by atoms with E-state index in [1.807, 2.05) is 18.2 Å². The number of anilines is 1. The van der Waals surface area contributed by atoms with Crippen LogP contribution in [0.5, 0.6) is 5.75 Å². The highest BCUT2D eigenvalue weighted by molar-refractivity contribution is 7.93.